The van der Waals surface area contributed by atoms with E-state index in [0.717, 1.165) is 5.56 Å². The Morgan fingerprint density at radius 1 is 1.04 bits per heavy atom. The predicted octanol–water partition coefficient (Wildman–Crippen LogP) is 2.28. The van der Waals surface area contributed by atoms with Gasteiger partial charge in [-0.3, -0.25) is 9.69 Å². The quantitative estimate of drug-likeness (QED) is 0.773. The van der Waals surface area contributed by atoms with Crippen LogP contribution >= 0.6 is 0 Å². The summed E-state index contributed by atoms with van der Waals surface area (Å²) in [5, 5.41) is 0. The minimum atomic E-state index is -0.684. The van der Waals surface area contributed by atoms with Gasteiger partial charge in [-0.05, 0) is 26.3 Å². The molecule has 0 bridgehead atoms. The van der Waals surface area contributed by atoms with Crippen molar-refractivity contribution in [1.82, 2.24) is 9.80 Å². The molecule has 1 aliphatic rings. The summed E-state index contributed by atoms with van der Waals surface area (Å²) in [6.07, 6.45) is -0.313. The third kappa shape index (κ3) is 4.47. The van der Waals surface area contributed by atoms with E-state index >= 15 is 0 Å². The van der Waals surface area contributed by atoms with Crippen molar-refractivity contribution in [2.45, 2.75) is 32.9 Å². The summed E-state index contributed by atoms with van der Waals surface area (Å²) in [6.45, 7) is 8.46. The number of nitrogens with zero attached hydrogens (tertiary/aromatic N) is 2. The molecule has 1 fully saturated rings. The molecule has 0 aliphatic carbocycles. The summed E-state index contributed by atoms with van der Waals surface area (Å²) in [7, 11) is 0. The molecule has 1 aromatic carbocycles. The van der Waals surface area contributed by atoms with E-state index in [9.17, 15) is 9.59 Å². The molecule has 0 N–H and O–H groups in total. The van der Waals surface area contributed by atoms with E-state index in [1.165, 1.54) is 0 Å². The Hall–Kier alpha value is -2.08. The topological polar surface area (TPSA) is 59.1 Å². The van der Waals surface area contributed by atoms with Gasteiger partial charge in [-0.15, -0.1) is 0 Å². The van der Waals surface area contributed by atoms with Gasteiger partial charge in [0, 0.05) is 26.2 Å². The Bertz CT molecular complexity index is 551. The van der Waals surface area contributed by atoms with Gasteiger partial charge >= 0.3 is 12.1 Å². The zero-order valence-corrected chi connectivity index (χ0v) is 14.7. The molecule has 0 atom stereocenters. The van der Waals surface area contributed by atoms with E-state index in [2.05, 4.69) is 0 Å². The second kappa shape index (κ2) is 8.15. The smallest absolute Gasteiger partial charge is 0.410 e. The highest BCUT2D eigenvalue weighted by Gasteiger charge is 2.38. The second-order valence-electron chi connectivity index (χ2n) is 6.29. The highest BCUT2D eigenvalue weighted by atomic mass is 16.6. The monoisotopic (exact) mass is 334 g/mol. The normalized spacial score (nSPS) is 15.9. The van der Waals surface area contributed by atoms with Crippen LogP contribution in [-0.4, -0.2) is 60.2 Å². The van der Waals surface area contributed by atoms with Crippen LogP contribution in [0.1, 0.15) is 26.3 Å². The van der Waals surface area contributed by atoms with Crippen molar-refractivity contribution in [1.29, 1.82) is 0 Å². The average molecular weight is 334 g/mol. The first-order valence-electron chi connectivity index (χ1n) is 8.33. The van der Waals surface area contributed by atoms with Gasteiger partial charge in [0.25, 0.3) is 0 Å². The van der Waals surface area contributed by atoms with Crippen LogP contribution in [0.3, 0.4) is 0 Å². The number of carbonyl (C=O) groups is 2. The Morgan fingerprint density at radius 2 is 1.67 bits per heavy atom. The van der Waals surface area contributed by atoms with Crippen molar-refractivity contribution in [2.75, 3.05) is 32.8 Å². The first-order valence-corrected chi connectivity index (χ1v) is 8.33. The summed E-state index contributed by atoms with van der Waals surface area (Å²) in [4.78, 5) is 28.0. The van der Waals surface area contributed by atoms with Crippen molar-refractivity contribution in [3.05, 3.63) is 35.9 Å². The van der Waals surface area contributed by atoms with Gasteiger partial charge in [0.15, 0.2) is 0 Å². The van der Waals surface area contributed by atoms with Crippen LogP contribution < -0.4 is 0 Å². The molecule has 1 heterocycles. The van der Waals surface area contributed by atoms with Gasteiger partial charge in [0.1, 0.15) is 12.1 Å². The molecule has 1 aliphatic heterocycles. The number of piperazine rings is 1. The number of hydrogen-bond donors (Lipinski definition) is 0. The predicted molar refractivity (Wildman–Crippen MR) is 90.5 cm³/mol. The Balaban J connectivity index is 1.81. The zero-order chi connectivity index (χ0) is 17.6. The van der Waals surface area contributed by atoms with Gasteiger partial charge in [0.05, 0.1) is 6.61 Å². The van der Waals surface area contributed by atoms with Crippen LogP contribution in [0.5, 0.6) is 0 Å². The van der Waals surface area contributed by atoms with Gasteiger partial charge in [0.2, 0.25) is 0 Å². The lowest BCUT2D eigenvalue weighted by Crippen LogP contribution is -2.59. The molecular weight excluding hydrogens is 308 g/mol. The number of esters is 1. The lowest BCUT2D eigenvalue weighted by Gasteiger charge is -2.41. The molecule has 1 saturated heterocycles. The third-order valence-corrected chi connectivity index (χ3v) is 4.31. The van der Waals surface area contributed by atoms with Gasteiger partial charge in [-0.1, -0.05) is 30.3 Å². The van der Waals surface area contributed by atoms with Crippen LogP contribution in [0.2, 0.25) is 0 Å². The second-order valence-corrected chi connectivity index (χ2v) is 6.29. The molecule has 1 aromatic rings. The lowest BCUT2D eigenvalue weighted by molar-refractivity contribution is -0.156. The maximum absolute atomic E-state index is 12.2. The van der Waals surface area contributed by atoms with Crippen molar-refractivity contribution in [3.8, 4) is 0 Å². The van der Waals surface area contributed by atoms with Crippen molar-refractivity contribution < 1.29 is 19.1 Å². The number of rotatable bonds is 5. The first-order chi connectivity index (χ1) is 11.4. The molecule has 6 nitrogen and oxygen atoms in total. The molecule has 0 spiro atoms. The fourth-order valence-electron chi connectivity index (χ4n) is 2.70. The lowest BCUT2D eigenvalue weighted by atomic mass is 10.0. The number of ether oxygens (including phenoxy) is 2. The van der Waals surface area contributed by atoms with Gasteiger partial charge < -0.3 is 14.4 Å². The molecular formula is C18H26N2O4. The minimum absolute atomic E-state index is 0.231. The molecule has 1 amide bonds. The molecule has 0 unspecified atom stereocenters. The average Bonchev–Trinajstić information content (AvgIpc) is 2.61. The maximum atomic E-state index is 12.2. The highest BCUT2D eigenvalue weighted by Crippen LogP contribution is 2.19. The van der Waals surface area contributed by atoms with E-state index in [0.29, 0.717) is 32.8 Å². The van der Waals surface area contributed by atoms with Crippen molar-refractivity contribution in [2.24, 2.45) is 0 Å². The first kappa shape index (κ1) is 18.3. The number of amides is 1. The summed E-state index contributed by atoms with van der Waals surface area (Å²) in [6, 6.07) is 9.61. The molecule has 132 valence electrons. The third-order valence-electron chi connectivity index (χ3n) is 4.31. The summed E-state index contributed by atoms with van der Waals surface area (Å²) in [5.41, 5.74) is 0.281. The van der Waals surface area contributed by atoms with E-state index in [4.69, 9.17) is 9.47 Å². The summed E-state index contributed by atoms with van der Waals surface area (Å²) < 4.78 is 10.5. The molecule has 0 aromatic heterocycles. The Kier molecular flexibility index (Phi) is 6.20. The van der Waals surface area contributed by atoms with Crippen molar-refractivity contribution >= 4 is 12.1 Å². The largest absolute Gasteiger partial charge is 0.465 e. The van der Waals surface area contributed by atoms with Gasteiger partial charge in [-0.25, -0.2) is 4.79 Å². The fourth-order valence-corrected chi connectivity index (χ4v) is 2.70. The van der Waals surface area contributed by atoms with Crippen LogP contribution in [0, 0.1) is 0 Å². The summed E-state index contributed by atoms with van der Waals surface area (Å²) in [5.74, 6) is -0.231. The number of benzene rings is 1. The molecule has 2 rings (SSSR count). The van der Waals surface area contributed by atoms with E-state index < -0.39 is 5.54 Å². The molecule has 6 heteroatoms. The highest BCUT2D eigenvalue weighted by molar-refractivity contribution is 5.79. The van der Waals surface area contributed by atoms with E-state index in [-0.39, 0.29) is 18.7 Å². The standard InChI is InChI=1S/C18H26N2O4/c1-4-23-16(21)18(2,3)20-12-10-19(11-13-20)17(22)24-14-15-8-6-5-7-9-15/h5-9H,4,10-14H2,1-3H3. The molecule has 0 saturated carbocycles. The minimum Gasteiger partial charge on any atom is -0.465 e. The van der Waals surface area contributed by atoms with Crippen molar-refractivity contribution in [3.63, 3.8) is 0 Å². The van der Waals surface area contributed by atoms with Crippen LogP contribution in [0.4, 0.5) is 4.79 Å². The SMILES string of the molecule is CCOC(=O)C(C)(C)N1CCN(C(=O)OCc2ccccc2)CC1. The fraction of sp³-hybridized carbons (Fsp3) is 0.556. The Labute approximate surface area is 143 Å². The van der Waals surface area contributed by atoms with Crippen LogP contribution in [0.25, 0.3) is 0 Å². The number of hydrogen-bond acceptors (Lipinski definition) is 5. The zero-order valence-electron chi connectivity index (χ0n) is 14.7. The maximum Gasteiger partial charge on any atom is 0.410 e. The molecule has 0 radical (unpaired) electrons. The Morgan fingerprint density at radius 3 is 2.25 bits per heavy atom. The van der Waals surface area contributed by atoms with E-state index in [1.807, 2.05) is 49.1 Å². The van der Waals surface area contributed by atoms with Crippen LogP contribution in [-0.2, 0) is 20.9 Å². The van der Waals surface area contributed by atoms with Gasteiger partial charge in [-0.2, -0.15) is 0 Å². The molecule has 24 heavy (non-hydrogen) atoms. The number of carbonyl (C=O) groups excluding carboxylic acids is 2. The van der Waals surface area contributed by atoms with Crippen LogP contribution in [0.15, 0.2) is 30.3 Å². The van der Waals surface area contributed by atoms with E-state index in [1.54, 1.807) is 11.8 Å². The summed E-state index contributed by atoms with van der Waals surface area (Å²) >= 11 is 0.